The van der Waals surface area contributed by atoms with Gasteiger partial charge in [0.1, 0.15) is 0 Å². The highest BCUT2D eigenvalue weighted by atomic mass is 16.7. The summed E-state index contributed by atoms with van der Waals surface area (Å²) in [6.45, 7) is 3.66. The molecule has 68 valence electrons. The van der Waals surface area contributed by atoms with Gasteiger partial charge in [0.05, 0.1) is 25.9 Å². The van der Waals surface area contributed by atoms with Crippen LogP contribution in [0.4, 0.5) is 0 Å². The van der Waals surface area contributed by atoms with E-state index in [1.165, 1.54) is 0 Å². The molecule has 11 heavy (non-hydrogen) atoms. The molecule has 0 aromatic heterocycles. The topological polar surface area (TPSA) is 58.9 Å². The monoisotopic (exact) mass is 164 g/mol. The van der Waals surface area contributed by atoms with E-state index in [0.29, 0.717) is 0 Å². The molecule has 0 aromatic rings. The Balaban J connectivity index is 3.41. The normalized spacial score (nSPS) is 13.9. The summed E-state index contributed by atoms with van der Waals surface area (Å²) in [5.41, 5.74) is 0. The van der Waals surface area contributed by atoms with Gasteiger partial charge in [-0.2, -0.15) is 0 Å². The van der Waals surface area contributed by atoms with Crippen LogP contribution in [0.1, 0.15) is 13.8 Å². The third-order valence-electron chi connectivity index (χ3n) is 0.968. The van der Waals surface area contributed by atoms with E-state index in [-0.39, 0.29) is 25.9 Å². The van der Waals surface area contributed by atoms with Gasteiger partial charge in [0.15, 0.2) is 6.29 Å². The van der Waals surface area contributed by atoms with Gasteiger partial charge >= 0.3 is 0 Å². The molecule has 0 rings (SSSR count). The van der Waals surface area contributed by atoms with Crippen molar-refractivity contribution in [3.8, 4) is 0 Å². The first kappa shape index (κ1) is 10.8. The average Bonchev–Trinajstić information content (AvgIpc) is 1.97. The Labute approximate surface area is 66.7 Å². The number of aliphatic hydroxyl groups is 2. The average molecular weight is 164 g/mol. The molecule has 0 aromatic carbocycles. The quantitative estimate of drug-likeness (QED) is 0.531. The molecule has 0 aliphatic heterocycles. The SMILES string of the molecule is CC(C)OC(CO)OCCO. The highest BCUT2D eigenvalue weighted by Gasteiger charge is 2.08. The summed E-state index contributed by atoms with van der Waals surface area (Å²) in [6.07, 6.45) is -0.590. The molecule has 0 saturated carbocycles. The fraction of sp³-hybridized carbons (Fsp3) is 1.00. The molecule has 2 N–H and O–H groups in total. The van der Waals surface area contributed by atoms with Crippen LogP contribution < -0.4 is 0 Å². The van der Waals surface area contributed by atoms with Crippen LogP contribution >= 0.6 is 0 Å². The summed E-state index contributed by atoms with van der Waals surface area (Å²) in [7, 11) is 0. The van der Waals surface area contributed by atoms with Crippen molar-refractivity contribution in [3.05, 3.63) is 0 Å². The van der Waals surface area contributed by atoms with E-state index in [2.05, 4.69) is 0 Å². The summed E-state index contributed by atoms with van der Waals surface area (Å²) >= 11 is 0. The number of rotatable bonds is 6. The minimum Gasteiger partial charge on any atom is -0.394 e. The lowest BCUT2D eigenvalue weighted by atomic mass is 10.5. The summed E-state index contributed by atoms with van der Waals surface area (Å²) in [5.74, 6) is 0. The lowest BCUT2D eigenvalue weighted by Gasteiger charge is -2.17. The third kappa shape index (κ3) is 6.25. The highest BCUT2D eigenvalue weighted by Crippen LogP contribution is 1.98. The zero-order valence-corrected chi connectivity index (χ0v) is 6.99. The predicted octanol–water partition coefficient (Wildman–Crippen LogP) is -0.261. The molecular formula is C7H16O4. The van der Waals surface area contributed by atoms with Crippen LogP contribution in [0.25, 0.3) is 0 Å². The van der Waals surface area contributed by atoms with Crippen LogP contribution in [0, 0.1) is 0 Å². The maximum atomic E-state index is 8.67. The fourth-order valence-electron chi connectivity index (χ4n) is 0.623. The van der Waals surface area contributed by atoms with E-state index in [1.54, 1.807) is 0 Å². The second-order valence-electron chi connectivity index (χ2n) is 2.39. The van der Waals surface area contributed by atoms with E-state index >= 15 is 0 Å². The molecule has 1 atom stereocenters. The smallest absolute Gasteiger partial charge is 0.180 e. The molecule has 0 bridgehead atoms. The van der Waals surface area contributed by atoms with Crippen molar-refractivity contribution in [2.24, 2.45) is 0 Å². The molecule has 0 spiro atoms. The van der Waals surface area contributed by atoms with Crippen molar-refractivity contribution in [1.29, 1.82) is 0 Å². The molecule has 4 heteroatoms. The van der Waals surface area contributed by atoms with Crippen molar-refractivity contribution in [1.82, 2.24) is 0 Å². The highest BCUT2D eigenvalue weighted by molar-refractivity contribution is 4.43. The maximum Gasteiger partial charge on any atom is 0.180 e. The van der Waals surface area contributed by atoms with Crippen LogP contribution in [0.3, 0.4) is 0 Å². The summed E-state index contributed by atoms with van der Waals surface area (Å²) in [4.78, 5) is 0. The first-order chi connectivity index (χ1) is 5.20. The van der Waals surface area contributed by atoms with Crippen LogP contribution in [0.15, 0.2) is 0 Å². The van der Waals surface area contributed by atoms with Crippen LogP contribution in [-0.4, -0.2) is 42.4 Å². The van der Waals surface area contributed by atoms with Gasteiger partial charge in [0, 0.05) is 0 Å². The zero-order chi connectivity index (χ0) is 8.69. The van der Waals surface area contributed by atoms with E-state index in [0.717, 1.165) is 0 Å². The third-order valence-corrected chi connectivity index (χ3v) is 0.968. The molecule has 0 saturated heterocycles. The molecule has 1 unspecified atom stereocenters. The van der Waals surface area contributed by atoms with Crippen molar-refractivity contribution < 1.29 is 19.7 Å². The minimum atomic E-state index is -0.609. The number of hydrogen-bond donors (Lipinski definition) is 2. The van der Waals surface area contributed by atoms with E-state index in [9.17, 15) is 0 Å². The Bertz CT molecular complexity index is 84.5. The van der Waals surface area contributed by atoms with Gasteiger partial charge in [-0.05, 0) is 13.8 Å². The summed E-state index contributed by atoms with van der Waals surface area (Å²) in [6, 6.07) is 0. The number of hydrogen-bond acceptors (Lipinski definition) is 4. The molecule has 0 aliphatic carbocycles. The summed E-state index contributed by atoms with van der Waals surface area (Å²) < 4.78 is 10.0. The van der Waals surface area contributed by atoms with Crippen LogP contribution in [-0.2, 0) is 9.47 Å². The Kier molecular flexibility index (Phi) is 6.45. The first-order valence-corrected chi connectivity index (χ1v) is 3.69. The van der Waals surface area contributed by atoms with Gasteiger partial charge < -0.3 is 19.7 Å². The Morgan fingerprint density at radius 1 is 1.27 bits per heavy atom. The zero-order valence-electron chi connectivity index (χ0n) is 6.99. The van der Waals surface area contributed by atoms with Gasteiger partial charge in [-0.25, -0.2) is 0 Å². The van der Waals surface area contributed by atoms with Gasteiger partial charge in [-0.1, -0.05) is 0 Å². The molecule has 0 amide bonds. The Morgan fingerprint density at radius 3 is 2.27 bits per heavy atom. The predicted molar refractivity (Wildman–Crippen MR) is 40.1 cm³/mol. The molecule has 4 nitrogen and oxygen atoms in total. The van der Waals surface area contributed by atoms with Crippen LogP contribution in [0.2, 0.25) is 0 Å². The Morgan fingerprint density at radius 2 is 1.91 bits per heavy atom. The number of aliphatic hydroxyl groups excluding tert-OH is 2. The van der Waals surface area contributed by atoms with E-state index in [4.69, 9.17) is 19.7 Å². The standard InChI is InChI=1S/C7H16O4/c1-6(2)11-7(5-9)10-4-3-8/h6-9H,3-5H2,1-2H3. The second kappa shape index (κ2) is 6.54. The lowest BCUT2D eigenvalue weighted by molar-refractivity contribution is -0.184. The second-order valence-corrected chi connectivity index (χ2v) is 2.39. The van der Waals surface area contributed by atoms with Gasteiger partial charge in [0.25, 0.3) is 0 Å². The van der Waals surface area contributed by atoms with Gasteiger partial charge in [-0.15, -0.1) is 0 Å². The fourth-order valence-corrected chi connectivity index (χ4v) is 0.623. The lowest BCUT2D eigenvalue weighted by Crippen LogP contribution is -2.26. The number of ether oxygens (including phenoxy) is 2. The molecule has 0 fully saturated rings. The molecule has 0 heterocycles. The maximum absolute atomic E-state index is 8.67. The van der Waals surface area contributed by atoms with Crippen molar-refractivity contribution in [2.45, 2.75) is 26.2 Å². The summed E-state index contributed by atoms with van der Waals surface area (Å²) in [5, 5.41) is 17.1. The largest absolute Gasteiger partial charge is 0.394 e. The van der Waals surface area contributed by atoms with Crippen molar-refractivity contribution in [3.63, 3.8) is 0 Å². The van der Waals surface area contributed by atoms with Crippen molar-refractivity contribution in [2.75, 3.05) is 19.8 Å². The van der Waals surface area contributed by atoms with Gasteiger partial charge in [0.2, 0.25) is 0 Å². The van der Waals surface area contributed by atoms with Crippen molar-refractivity contribution >= 4 is 0 Å². The Hall–Kier alpha value is -0.160. The molecule has 0 aliphatic rings. The molecule has 0 radical (unpaired) electrons. The molecular weight excluding hydrogens is 148 g/mol. The van der Waals surface area contributed by atoms with Crippen LogP contribution in [0.5, 0.6) is 0 Å². The van der Waals surface area contributed by atoms with Gasteiger partial charge in [-0.3, -0.25) is 0 Å². The first-order valence-electron chi connectivity index (χ1n) is 3.69. The minimum absolute atomic E-state index is 0.0193. The van der Waals surface area contributed by atoms with E-state index in [1.807, 2.05) is 13.8 Å². The van der Waals surface area contributed by atoms with E-state index < -0.39 is 6.29 Å².